The SMILES string of the molecule is CC(C)(C)[S+]([O-])/N=C1\C(CO)CCC12CCN(C(=O)O)CC2. The summed E-state index contributed by atoms with van der Waals surface area (Å²) in [6.45, 7) is 6.63. The van der Waals surface area contributed by atoms with Crippen molar-refractivity contribution in [2.45, 2.75) is 51.2 Å². The highest BCUT2D eigenvalue weighted by Crippen LogP contribution is 2.47. The summed E-state index contributed by atoms with van der Waals surface area (Å²) < 4.78 is 16.5. The largest absolute Gasteiger partial charge is 0.591 e. The van der Waals surface area contributed by atoms with E-state index in [9.17, 15) is 14.5 Å². The molecule has 2 unspecified atom stereocenters. The molecule has 2 aliphatic rings. The van der Waals surface area contributed by atoms with Gasteiger partial charge in [-0.25, -0.2) is 4.79 Å². The van der Waals surface area contributed by atoms with Gasteiger partial charge in [-0.1, -0.05) is 4.40 Å². The van der Waals surface area contributed by atoms with E-state index in [-0.39, 0.29) is 17.9 Å². The van der Waals surface area contributed by atoms with Crippen LogP contribution in [-0.2, 0) is 11.4 Å². The molecule has 0 aromatic heterocycles. The molecule has 1 saturated heterocycles. The minimum absolute atomic E-state index is 0.0184. The molecule has 0 aromatic carbocycles. The van der Waals surface area contributed by atoms with Crippen LogP contribution < -0.4 is 0 Å². The number of piperidine rings is 1. The van der Waals surface area contributed by atoms with Crippen molar-refractivity contribution in [2.75, 3.05) is 19.7 Å². The normalized spacial score (nSPS) is 28.3. The second-order valence-electron chi connectivity index (χ2n) is 7.31. The number of likely N-dealkylation sites (tertiary alicyclic amines) is 1. The van der Waals surface area contributed by atoms with E-state index in [0.717, 1.165) is 18.6 Å². The third-order valence-corrected chi connectivity index (χ3v) is 6.23. The summed E-state index contributed by atoms with van der Waals surface area (Å²) in [6, 6.07) is 0. The van der Waals surface area contributed by atoms with Crippen LogP contribution in [0.5, 0.6) is 0 Å². The van der Waals surface area contributed by atoms with Gasteiger partial charge < -0.3 is 19.7 Å². The summed E-state index contributed by atoms with van der Waals surface area (Å²) in [6.07, 6.45) is 2.25. The lowest BCUT2D eigenvalue weighted by Crippen LogP contribution is -2.45. The quantitative estimate of drug-likeness (QED) is 0.757. The number of amides is 1. The molecule has 2 atom stereocenters. The Bertz CT molecular complexity index is 453. The van der Waals surface area contributed by atoms with Gasteiger partial charge in [0.15, 0.2) is 0 Å². The van der Waals surface area contributed by atoms with Crippen molar-refractivity contribution in [1.29, 1.82) is 0 Å². The van der Waals surface area contributed by atoms with E-state index in [1.807, 2.05) is 20.8 Å². The summed E-state index contributed by atoms with van der Waals surface area (Å²) in [5.41, 5.74) is 0.675. The summed E-state index contributed by atoms with van der Waals surface area (Å²) in [7, 11) is 0. The fraction of sp³-hybridized carbons (Fsp3) is 0.867. The van der Waals surface area contributed by atoms with Crippen LogP contribution in [0, 0.1) is 11.3 Å². The first-order chi connectivity index (χ1) is 10.2. The number of hydrogen-bond acceptors (Lipinski definition) is 4. The van der Waals surface area contributed by atoms with Crippen molar-refractivity contribution in [3.8, 4) is 0 Å². The second-order valence-corrected chi connectivity index (χ2v) is 9.21. The Morgan fingerprint density at radius 2 is 2.00 bits per heavy atom. The molecule has 6 nitrogen and oxygen atoms in total. The first-order valence-corrected chi connectivity index (χ1v) is 8.90. The summed E-state index contributed by atoms with van der Waals surface area (Å²) in [4.78, 5) is 12.5. The molecule has 1 aliphatic carbocycles. The molecule has 2 fully saturated rings. The fourth-order valence-corrected chi connectivity index (χ4v) is 4.15. The Kier molecular flexibility index (Phi) is 5.09. The number of nitrogens with zero attached hydrogens (tertiary/aromatic N) is 2. The van der Waals surface area contributed by atoms with Gasteiger partial charge in [-0.15, -0.1) is 0 Å². The van der Waals surface area contributed by atoms with Crippen LogP contribution in [0.15, 0.2) is 4.40 Å². The Morgan fingerprint density at radius 1 is 1.41 bits per heavy atom. The van der Waals surface area contributed by atoms with E-state index in [2.05, 4.69) is 4.40 Å². The van der Waals surface area contributed by atoms with E-state index in [4.69, 9.17) is 5.11 Å². The molecule has 0 bridgehead atoms. The van der Waals surface area contributed by atoms with Gasteiger partial charge in [0.1, 0.15) is 16.1 Å². The minimum atomic E-state index is -1.35. The van der Waals surface area contributed by atoms with Gasteiger partial charge >= 0.3 is 6.09 Å². The van der Waals surface area contributed by atoms with Crippen LogP contribution in [0.2, 0.25) is 0 Å². The van der Waals surface area contributed by atoms with Gasteiger partial charge in [0.25, 0.3) is 0 Å². The molecule has 1 heterocycles. The topological polar surface area (TPSA) is 96.2 Å². The van der Waals surface area contributed by atoms with Crippen molar-refractivity contribution in [1.82, 2.24) is 4.90 Å². The monoisotopic (exact) mass is 330 g/mol. The lowest BCUT2D eigenvalue weighted by Gasteiger charge is -2.38. The molecule has 1 saturated carbocycles. The number of carbonyl (C=O) groups is 1. The highest BCUT2D eigenvalue weighted by molar-refractivity contribution is 7.91. The number of aliphatic hydroxyl groups excluding tert-OH is 1. The molecule has 1 amide bonds. The van der Waals surface area contributed by atoms with Crippen LogP contribution >= 0.6 is 0 Å². The highest BCUT2D eigenvalue weighted by Gasteiger charge is 2.49. The fourth-order valence-electron chi connectivity index (χ4n) is 3.36. The third kappa shape index (κ3) is 3.41. The van der Waals surface area contributed by atoms with E-state index in [0.29, 0.717) is 25.9 Å². The third-order valence-electron chi connectivity index (χ3n) is 4.82. The molecular formula is C15H26N2O4S. The van der Waals surface area contributed by atoms with E-state index in [1.165, 1.54) is 4.90 Å². The Balaban J connectivity index is 2.23. The molecule has 2 N–H and O–H groups in total. The van der Waals surface area contributed by atoms with Gasteiger partial charge in [-0.2, -0.15) is 0 Å². The molecule has 126 valence electrons. The maximum atomic E-state index is 12.4. The predicted octanol–water partition coefficient (Wildman–Crippen LogP) is 2.05. The van der Waals surface area contributed by atoms with Crippen molar-refractivity contribution < 1.29 is 19.6 Å². The number of carboxylic acid groups (broad SMARTS) is 1. The zero-order valence-corrected chi connectivity index (χ0v) is 14.4. The van der Waals surface area contributed by atoms with E-state index < -0.39 is 22.2 Å². The second kappa shape index (κ2) is 6.37. The Morgan fingerprint density at radius 3 is 2.45 bits per heavy atom. The summed E-state index contributed by atoms with van der Waals surface area (Å²) >= 11 is -1.35. The lowest BCUT2D eigenvalue weighted by molar-refractivity contribution is 0.113. The Labute approximate surface area is 134 Å². The van der Waals surface area contributed by atoms with Crippen molar-refractivity contribution in [2.24, 2.45) is 15.7 Å². The van der Waals surface area contributed by atoms with E-state index in [1.54, 1.807) is 0 Å². The molecule has 7 heteroatoms. The average molecular weight is 330 g/mol. The maximum absolute atomic E-state index is 12.4. The molecular weight excluding hydrogens is 304 g/mol. The van der Waals surface area contributed by atoms with Crippen LogP contribution in [-0.4, -0.2) is 55.9 Å². The molecule has 2 rings (SSSR count). The van der Waals surface area contributed by atoms with Gasteiger partial charge in [-0.05, 0) is 46.5 Å². The molecule has 0 radical (unpaired) electrons. The van der Waals surface area contributed by atoms with Crippen molar-refractivity contribution in [3.05, 3.63) is 0 Å². The number of aliphatic hydroxyl groups is 1. The maximum Gasteiger partial charge on any atom is 0.407 e. The van der Waals surface area contributed by atoms with Crippen molar-refractivity contribution >= 4 is 23.2 Å². The molecule has 1 spiro atoms. The molecule has 22 heavy (non-hydrogen) atoms. The first kappa shape index (κ1) is 17.6. The first-order valence-electron chi connectivity index (χ1n) is 7.79. The smallest absolute Gasteiger partial charge is 0.407 e. The predicted molar refractivity (Wildman–Crippen MR) is 86.4 cm³/mol. The minimum Gasteiger partial charge on any atom is -0.591 e. The van der Waals surface area contributed by atoms with Gasteiger partial charge in [0.05, 0.1) is 12.3 Å². The van der Waals surface area contributed by atoms with Crippen molar-refractivity contribution in [3.63, 3.8) is 0 Å². The summed E-state index contributed by atoms with van der Waals surface area (Å²) in [5, 5.41) is 18.7. The standard InChI is InChI=1S/C15H26N2O4S/c1-14(2,3)22(21)16-12-11(10-18)4-5-15(12)6-8-17(9-7-15)13(19)20/h11,18H,4-10H2,1-3H3,(H,19,20)/b16-12+. The van der Waals surface area contributed by atoms with Gasteiger partial charge in [-0.3, -0.25) is 0 Å². The zero-order chi connectivity index (χ0) is 16.5. The van der Waals surface area contributed by atoms with E-state index >= 15 is 0 Å². The van der Waals surface area contributed by atoms with Gasteiger partial charge in [0.2, 0.25) is 0 Å². The zero-order valence-electron chi connectivity index (χ0n) is 13.5. The summed E-state index contributed by atoms with van der Waals surface area (Å²) in [5.74, 6) is -0.0392. The lowest BCUT2D eigenvalue weighted by atomic mass is 9.75. The highest BCUT2D eigenvalue weighted by atomic mass is 32.2. The van der Waals surface area contributed by atoms with Crippen LogP contribution in [0.25, 0.3) is 0 Å². The molecule has 0 aromatic rings. The number of hydrogen-bond donors (Lipinski definition) is 2. The molecule has 1 aliphatic heterocycles. The van der Waals surface area contributed by atoms with Gasteiger partial charge in [0, 0.05) is 24.4 Å². The average Bonchev–Trinajstić information content (AvgIpc) is 2.76. The number of rotatable bonds is 2. The Hall–Kier alpha value is -0.790. The van der Waals surface area contributed by atoms with Crippen LogP contribution in [0.1, 0.15) is 46.5 Å². The van der Waals surface area contributed by atoms with Crippen LogP contribution in [0.3, 0.4) is 0 Å². The van der Waals surface area contributed by atoms with Crippen LogP contribution in [0.4, 0.5) is 4.79 Å².